The van der Waals surface area contributed by atoms with Crippen molar-refractivity contribution < 1.29 is 4.79 Å². The Labute approximate surface area is 158 Å². The first kappa shape index (κ1) is 18.6. The Hall–Kier alpha value is -2.18. The molecule has 1 amide bonds. The Morgan fingerprint density at radius 2 is 2.00 bits per heavy atom. The van der Waals surface area contributed by atoms with Crippen molar-refractivity contribution in [3.05, 3.63) is 47.0 Å². The van der Waals surface area contributed by atoms with Gasteiger partial charge in [-0.15, -0.1) is 11.3 Å². The lowest BCUT2D eigenvalue weighted by Gasteiger charge is -2.21. The number of nitrogens with zero attached hydrogens (tertiary/aromatic N) is 3. The minimum absolute atomic E-state index is 0.0427. The Bertz CT molecular complexity index is 897. The number of hydrogen-bond donors (Lipinski definition) is 1. The second-order valence-electron chi connectivity index (χ2n) is 7.09. The van der Waals surface area contributed by atoms with Gasteiger partial charge in [-0.25, -0.2) is 4.68 Å². The number of hydrogen-bond acceptors (Lipinski definition) is 4. The van der Waals surface area contributed by atoms with Gasteiger partial charge in [0.2, 0.25) is 0 Å². The summed E-state index contributed by atoms with van der Waals surface area (Å²) >= 11 is 1.49. The van der Waals surface area contributed by atoms with Crippen LogP contribution in [0.2, 0.25) is 0 Å². The lowest BCUT2D eigenvalue weighted by molar-refractivity contribution is 0.0794. The van der Waals surface area contributed by atoms with Crippen LogP contribution in [0.25, 0.3) is 15.9 Å². The van der Waals surface area contributed by atoms with Crippen LogP contribution in [0.4, 0.5) is 0 Å². The van der Waals surface area contributed by atoms with Crippen molar-refractivity contribution >= 4 is 27.5 Å². The molecule has 26 heavy (non-hydrogen) atoms. The molecule has 0 bridgehead atoms. The van der Waals surface area contributed by atoms with E-state index in [1.807, 2.05) is 55.1 Å². The molecule has 3 rings (SSSR count). The van der Waals surface area contributed by atoms with Gasteiger partial charge in [-0.1, -0.05) is 32.0 Å². The SMILES string of the molecule is Cc1nn(-c2ccccc2)c2sc(C(=O)N(C)CCC(N)C(C)C)cc12. The molecule has 0 fully saturated rings. The molecule has 0 aliphatic heterocycles. The summed E-state index contributed by atoms with van der Waals surface area (Å²) in [6.45, 7) is 6.86. The zero-order valence-corrected chi connectivity index (χ0v) is 16.6. The summed E-state index contributed by atoms with van der Waals surface area (Å²) in [6, 6.07) is 12.1. The smallest absolute Gasteiger partial charge is 0.263 e. The number of carbonyl (C=O) groups excluding carboxylic acids is 1. The van der Waals surface area contributed by atoms with Crippen LogP contribution >= 0.6 is 11.3 Å². The maximum Gasteiger partial charge on any atom is 0.263 e. The zero-order valence-electron chi connectivity index (χ0n) is 15.8. The van der Waals surface area contributed by atoms with Crippen molar-refractivity contribution in [2.75, 3.05) is 13.6 Å². The molecule has 0 aliphatic rings. The molecule has 138 valence electrons. The number of thiophene rings is 1. The lowest BCUT2D eigenvalue weighted by Crippen LogP contribution is -2.34. The van der Waals surface area contributed by atoms with Gasteiger partial charge in [0.15, 0.2) is 0 Å². The molecule has 0 saturated carbocycles. The largest absolute Gasteiger partial charge is 0.341 e. The van der Waals surface area contributed by atoms with E-state index in [9.17, 15) is 4.79 Å². The van der Waals surface area contributed by atoms with Gasteiger partial charge in [0.25, 0.3) is 5.91 Å². The van der Waals surface area contributed by atoms with E-state index in [4.69, 9.17) is 5.73 Å². The molecule has 0 radical (unpaired) electrons. The standard InChI is InChI=1S/C20H26N4OS/c1-13(2)17(21)10-11-23(4)19(25)18-12-16-14(3)22-24(20(16)26-18)15-8-6-5-7-9-15/h5-9,12-13,17H,10-11,21H2,1-4H3. The number of para-hydroxylation sites is 1. The molecule has 2 heterocycles. The number of rotatable bonds is 6. The Balaban J connectivity index is 1.84. The van der Waals surface area contributed by atoms with Crippen LogP contribution in [0.15, 0.2) is 36.4 Å². The summed E-state index contributed by atoms with van der Waals surface area (Å²) in [6.07, 6.45) is 0.807. The molecule has 3 aromatic rings. The molecule has 0 spiro atoms. The molecule has 2 aromatic heterocycles. The summed E-state index contributed by atoms with van der Waals surface area (Å²) in [5.74, 6) is 0.462. The van der Waals surface area contributed by atoms with Crippen molar-refractivity contribution in [3.8, 4) is 5.69 Å². The van der Waals surface area contributed by atoms with Gasteiger partial charge in [0.1, 0.15) is 4.83 Å². The number of aromatic nitrogens is 2. The molecular weight excluding hydrogens is 344 g/mol. The van der Waals surface area contributed by atoms with Crippen molar-refractivity contribution in [2.24, 2.45) is 11.7 Å². The molecule has 1 atom stereocenters. The lowest BCUT2D eigenvalue weighted by atomic mass is 10.0. The predicted octanol–water partition coefficient (Wildman–Crippen LogP) is 3.84. The second kappa shape index (κ2) is 7.60. The molecule has 6 heteroatoms. The third-order valence-electron chi connectivity index (χ3n) is 4.76. The normalized spacial score (nSPS) is 12.7. The minimum Gasteiger partial charge on any atom is -0.341 e. The van der Waals surface area contributed by atoms with E-state index < -0.39 is 0 Å². The van der Waals surface area contributed by atoms with Crippen LogP contribution in [0.3, 0.4) is 0 Å². The maximum absolute atomic E-state index is 12.8. The van der Waals surface area contributed by atoms with Crippen LogP contribution in [0.5, 0.6) is 0 Å². The monoisotopic (exact) mass is 370 g/mol. The molecular formula is C20H26N4OS. The zero-order chi connectivity index (χ0) is 18.8. The Morgan fingerprint density at radius 1 is 1.31 bits per heavy atom. The van der Waals surface area contributed by atoms with Gasteiger partial charge in [-0.05, 0) is 37.5 Å². The third kappa shape index (κ3) is 3.66. The molecule has 0 saturated heterocycles. The van der Waals surface area contributed by atoms with E-state index in [1.54, 1.807) is 4.90 Å². The molecule has 0 aliphatic carbocycles. The number of benzene rings is 1. The fourth-order valence-electron chi connectivity index (χ4n) is 2.86. The number of fused-ring (bicyclic) bond motifs is 1. The molecule has 1 unspecified atom stereocenters. The highest BCUT2D eigenvalue weighted by molar-refractivity contribution is 7.20. The summed E-state index contributed by atoms with van der Waals surface area (Å²) in [4.78, 5) is 16.3. The minimum atomic E-state index is 0.0427. The average Bonchev–Trinajstić information content (AvgIpc) is 3.20. The van der Waals surface area contributed by atoms with E-state index in [-0.39, 0.29) is 11.9 Å². The fourth-order valence-corrected chi connectivity index (χ4v) is 4.04. The number of aryl methyl sites for hydroxylation is 1. The van der Waals surface area contributed by atoms with E-state index in [0.29, 0.717) is 12.5 Å². The van der Waals surface area contributed by atoms with E-state index in [1.165, 1.54) is 11.3 Å². The quantitative estimate of drug-likeness (QED) is 0.717. The summed E-state index contributed by atoms with van der Waals surface area (Å²) in [5, 5.41) is 5.67. The molecule has 1 aromatic carbocycles. The van der Waals surface area contributed by atoms with Crippen molar-refractivity contribution in [1.82, 2.24) is 14.7 Å². The summed E-state index contributed by atoms with van der Waals surface area (Å²) < 4.78 is 1.92. The summed E-state index contributed by atoms with van der Waals surface area (Å²) in [7, 11) is 1.84. The molecule has 5 nitrogen and oxygen atoms in total. The van der Waals surface area contributed by atoms with Crippen LogP contribution in [-0.2, 0) is 0 Å². The van der Waals surface area contributed by atoms with Crippen molar-refractivity contribution in [1.29, 1.82) is 0 Å². The first-order valence-electron chi connectivity index (χ1n) is 8.94. The van der Waals surface area contributed by atoms with Gasteiger partial charge in [-0.3, -0.25) is 4.79 Å². The van der Waals surface area contributed by atoms with Gasteiger partial charge < -0.3 is 10.6 Å². The second-order valence-corrected chi connectivity index (χ2v) is 8.12. The number of nitrogens with two attached hydrogens (primary N) is 1. The Kier molecular flexibility index (Phi) is 5.44. The average molecular weight is 371 g/mol. The van der Waals surface area contributed by atoms with Crippen molar-refractivity contribution in [3.63, 3.8) is 0 Å². The first-order valence-corrected chi connectivity index (χ1v) is 9.75. The number of carbonyl (C=O) groups is 1. The van der Waals surface area contributed by atoms with Crippen LogP contribution in [0, 0.1) is 12.8 Å². The Morgan fingerprint density at radius 3 is 2.65 bits per heavy atom. The van der Waals surface area contributed by atoms with Crippen LogP contribution in [0.1, 0.15) is 35.6 Å². The van der Waals surface area contributed by atoms with E-state index in [0.717, 1.165) is 32.9 Å². The van der Waals surface area contributed by atoms with Crippen LogP contribution in [-0.4, -0.2) is 40.2 Å². The fraction of sp³-hybridized carbons (Fsp3) is 0.400. The van der Waals surface area contributed by atoms with Gasteiger partial charge in [-0.2, -0.15) is 5.10 Å². The van der Waals surface area contributed by atoms with Gasteiger partial charge in [0, 0.05) is 25.0 Å². The van der Waals surface area contributed by atoms with E-state index in [2.05, 4.69) is 18.9 Å². The van der Waals surface area contributed by atoms with Gasteiger partial charge in [0.05, 0.1) is 16.3 Å². The third-order valence-corrected chi connectivity index (χ3v) is 5.86. The highest BCUT2D eigenvalue weighted by Crippen LogP contribution is 2.31. The maximum atomic E-state index is 12.8. The highest BCUT2D eigenvalue weighted by atomic mass is 32.1. The number of amides is 1. The van der Waals surface area contributed by atoms with Crippen molar-refractivity contribution in [2.45, 2.75) is 33.2 Å². The highest BCUT2D eigenvalue weighted by Gasteiger charge is 2.20. The van der Waals surface area contributed by atoms with Gasteiger partial charge >= 0.3 is 0 Å². The summed E-state index contributed by atoms with van der Waals surface area (Å²) in [5.41, 5.74) is 8.04. The molecule has 2 N–H and O–H groups in total. The topological polar surface area (TPSA) is 64.2 Å². The van der Waals surface area contributed by atoms with E-state index >= 15 is 0 Å². The van der Waals surface area contributed by atoms with Crippen LogP contribution < -0.4 is 5.73 Å². The first-order chi connectivity index (χ1) is 12.4. The predicted molar refractivity (Wildman–Crippen MR) is 108 cm³/mol.